The molecule has 20 heavy (non-hydrogen) atoms. The van der Waals surface area contributed by atoms with Gasteiger partial charge in [-0.15, -0.1) is 11.3 Å². The van der Waals surface area contributed by atoms with E-state index in [0.29, 0.717) is 6.04 Å². The van der Waals surface area contributed by atoms with Crippen molar-refractivity contribution in [3.63, 3.8) is 0 Å². The van der Waals surface area contributed by atoms with Crippen molar-refractivity contribution in [2.45, 2.75) is 84.6 Å². The SMILES string of the molecule is CCCCCCCCCCC(NCC)c1cnc(C)s1. The average Bonchev–Trinajstić information content (AvgIpc) is 2.87. The van der Waals surface area contributed by atoms with Crippen molar-refractivity contribution in [1.82, 2.24) is 10.3 Å². The maximum atomic E-state index is 4.38. The number of nitrogens with one attached hydrogen (secondary N) is 1. The van der Waals surface area contributed by atoms with E-state index in [9.17, 15) is 0 Å². The Labute approximate surface area is 129 Å². The smallest absolute Gasteiger partial charge is 0.0897 e. The van der Waals surface area contributed by atoms with Gasteiger partial charge in [-0.3, -0.25) is 0 Å². The van der Waals surface area contributed by atoms with Crippen molar-refractivity contribution in [3.8, 4) is 0 Å². The van der Waals surface area contributed by atoms with Crippen molar-refractivity contribution in [3.05, 3.63) is 16.1 Å². The van der Waals surface area contributed by atoms with Crippen LogP contribution < -0.4 is 5.32 Å². The van der Waals surface area contributed by atoms with Crippen LogP contribution >= 0.6 is 11.3 Å². The zero-order chi connectivity index (χ0) is 14.6. The Morgan fingerprint density at radius 1 is 1.05 bits per heavy atom. The Morgan fingerprint density at radius 3 is 2.25 bits per heavy atom. The van der Waals surface area contributed by atoms with E-state index < -0.39 is 0 Å². The molecule has 3 heteroatoms. The molecule has 1 heterocycles. The second kappa shape index (κ2) is 11.3. The molecule has 2 nitrogen and oxygen atoms in total. The summed E-state index contributed by atoms with van der Waals surface area (Å²) in [5.74, 6) is 0. The van der Waals surface area contributed by atoms with E-state index in [0.717, 1.165) is 6.54 Å². The number of rotatable bonds is 12. The molecule has 1 unspecified atom stereocenters. The zero-order valence-electron chi connectivity index (χ0n) is 13.6. The molecule has 0 saturated heterocycles. The first kappa shape index (κ1) is 17.6. The van der Waals surface area contributed by atoms with Crippen molar-refractivity contribution >= 4 is 11.3 Å². The highest BCUT2D eigenvalue weighted by atomic mass is 32.1. The summed E-state index contributed by atoms with van der Waals surface area (Å²) in [7, 11) is 0. The lowest BCUT2D eigenvalue weighted by atomic mass is 10.0. The molecule has 0 fully saturated rings. The second-order valence-corrected chi connectivity index (χ2v) is 6.92. The lowest BCUT2D eigenvalue weighted by Gasteiger charge is -2.15. The van der Waals surface area contributed by atoms with Crippen LogP contribution in [0, 0.1) is 6.92 Å². The molecule has 0 aliphatic heterocycles. The molecule has 0 bridgehead atoms. The van der Waals surface area contributed by atoms with E-state index in [2.05, 4.69) is 37.3 Å². The van der Waals surface area contributed by atoms with Gasteiger partial charge in [-0.25, -0.2) is 4.98 Å². The molecule has 0 amide bonds. The fourth-order valence-electron chi connectivity index (χ4n) is 2.61. The summed E-state index contributed by atoms with van der Waals surface area (Å²) in [6, 6.07) is 0.520. The molecular weight excluding hydrogens is 264 g/mol. The second-order valence-electron chi connectivity index (χ2n) is 5.66. The molecule has 1 aromatic heterocycles. The van der Waals surface area contributed by atoms with E-state index in [1.165, 1.54) is 67.7 Å². The van der Waals surface area contributed by atoms with E-state index >= 15 is 0 Å². The summed E-state index contributed by atoms with van der Waals surface area (Å²) in [5.41, 5.74) is 0. The molecule has 1 rings (SSSR count). The zero-order valence-corrected chi connectivity index (χ0v) is 14.4. The average molecular weight is 297 g/mol. The van der Waals surface area contributed by atoms with Gasteiger partial charge in [-0.1, -0.05) is 65.2 Å². The first-order chi connectivity index (χ1) is 9.77. The van der Waals surface area contributed by atoms with E-state index in [-0.39, 0.29) is 0 Å². The number of nitrogens with zero attached hydrogens (tertiary/aromatic N) is 1. The Bertz CT molecular complexity index is 335. The van der Waals surface area contributed by atoms with Gasteiger partial charge in [0, 0.05) is 17.1 Å². The molecule has 1 aromatic rings. The van der Waals surface area contributed by atoms with Crippen LogP contribution in [0.15, 0.2) is 6.20 Å². The number of unbranched alkanes of at least 4 members (excludes halogenated alkanes) is 7. The molecule has 0 aliphatic rings. The molecule has 0 saturated carbocycles. The van der Waals surface area contributed by atoms with Crippen molar-refractivity contribution in [1.29, 1.82) is 0 Å². The minimum atomic E-state index is 0.520. The van der Waals surface area contributed by atoms with Crippen molar-refractivity contribution in [2.24, 2.45) is 0 Å². The highest BCUT2D eigenvalue weighted by Gasteiger charge is 2.12. The van der Waals surface area contributed by atoms with Crippen LogP contribution in [0.5, 0.6) is 0 Å². The predicted octanol–water partition coefficient (Wildman–Crippen LogP) is 5.63. The van der Waals surface area contributed by atoms with Gasteiger partial charge in [0.2, 0.25) is 0 Å². The third-order valence-electron chi connectivity index (χ3n) is 3.78. The molecule has 1 N–H and O–H groups in total. The van der Waals surface area contributed by atoms with Gasteiger partial charge < -0.3 is 5.32 Å². The minimum Gasteiger partial charge on any atom is -0.309 e. The van der Waals surface area contributed by atoms with Gasteiger partial charge in [0.25, 0.3) is 0 Å². The fourth-order valence-corrected chi connectivity index (χ4v) is 3.51. The van der Waals surface area contributed by atoms with Gasteiger partial charge in [0.15, 0.2) is 0 Å². The molecule has 0 spiro atoms. The topological polar surface area (TPSA) is 24.9 Å². The van der Waals surface area contributed by atoms with Crippen LogP contribution in [0.25, 0.3) is 0 Å². The summed E-state index contributed by atoms with van der Waals surface area (Å²) in [6.07, 6.45) is 14.5. The Morgan fingerprint density at radius 2 is 1.70 bits per heavy atom. The Balaban J connectivity index is 2.14. The highest BCUT2D eigenvalue weighted by Crippen LogP contribution is 2.25. The van der Waals surface area contributed by atoms with Crippen LogP contribution in [0.3, 0.4) is 0 Å². The van der Waals surface area contributed by atoms with Gasteiger partial charge in [0.1, 0.15) is 0 Å². The van der Waals surface area contributed by atoms with Gasteiger partial charge in [-0.05, 0) is 19.9 Å². The summed E-state index contributed by atoms with van der Waals surface area (Å²) >= 11 is 1.84. The fraction of sp³-hybridized carbons (Fsp3) is 0.824. The van der Waals surface area contributed by atoms with E-state index in [4.69, 9.17) is 0 Å². The number of thiazole rings is 1. The number of hydrogen-bond donors (Lipinski definition) is 1. The van der Waals surface area contributed by atoms with Crippen molar-refractivity contribution in [2.75, 3.05) is 6.54 Å². The summed E-state index contributed by atoms with van der Waals surface area (Å²) < 4.78 is 0. The molecule has 0 radical (unpaired) electrons. The highest BCUT2D eigenvalue weighted by molar-refractivity contribution is 7.11. The predicted molar refractivity (Wildman–Crippen MR) is 90.5 cm³/mol. The van der Waals surface area contributed by atoms with E-state index in [1.54, 1.807) is 0 Å². The summed E-state index contributed by atoms with van der Waals surface area (Å²) in [5, 5.41) is 4.78. The minimum absolute atomic E-state index is 0.520. The lowest BCUT2D eigenvalue weighted by Crippen LogP contribution is -2.19. The third-order valence-corrected chi connectivity index (χ3v) is 4.81. The molecule has 116 valence electrons. The first-order valence-corrected chi connectivity index (χ1v) is 9.25. The summed E-state index contributed by atoms with van der Waals surface area (Å²) in [4.78, 5) is 5.79. The normalized spacial score (nSPS) is 12.8. The van der Waals surface area contributed by atoms with Gasteiger partial charge in [0.05, 0.1) is 5.01 Å². The number of hydrogen-bond acceptors (Lipinski definition) is 3. The van der Waals surface area contributed by atoms with Crippen LogP contribution in [-0.4, -0.2) is 11.5 Å². The van der Waals surface area contributed by atoms with Gasteiger partial charge >= 0.3 is 0 Å². The van der Waals surface area contributed by atoms with Crippen molar-refractivity contribution < 1.29 is 0 Å². The Kier molecular flexibility index (Phi) is 9.94. The molecule has 0 aromatic carbocycles. The van der Waals surface area contributed by atoms with Crippen LogP contribution in [0.4, 0.5) is 0 Å². The third kappa shape index (κ3) is 7.39. The van der Waals surface area contributed by atoms with Crippen LogP contribution in [0.2, 0.25) is 0 Å². The first-order valence-electron chi connectivity index (χ1n) is 8.43. The summed E-state index contributed by atoms with van der Waals surface area (Å²) in [6.45, 7) is 7.60. The van der Waals surface area contributed by atoms with Gasteiger partial charge in [-0.2, -0.15) is 0 Å². The molecule has 1 atom stereocenters. The molecule has 0 aliphatic carbocycles. The van der Waals surface area contributed by atoms with Crippen LogP contribution in [-0.2, 0) is 0 Å². The van der Waals surface area contributed by atoms with Crippen LogP contribution in [0.1, 0.15) is 87.6 Å². The van der Waals surface area contributed by atoms with E-state index in [1.807, 2.05) is 11.3 Å². The quantitative estimate of drug-likeness (QED) is 0.505. The standard InChI is InChI=1S/C17H32N2S/c1-4-6-7-8-9-10-11-12-13-16(18-5-2)17-14-19-15(3)20-17/h14,16,18H,4-13H2,1-3H3. The number of aromatic nitrogens is 1. The molecular formula is C17H32N2S. The maximum absolute atomic E-state index is 4.38. The lowest BCUT2D eigenvalue weighted by molar-refractivity contribution is 0.479. The largest absolute Gasteiger partial charge is 0.309 e. The monoisotopic (exact) mass is 296 g/mol. The number of aryl methyl sites for hydroxylation is 1. The maximum Gasteiger partial charge on any atom is 0.0897 e. The Hall–Kier alpha value is -0.410.